The van der Waals surface area contributed by atoms with Gasteiger partial charge >= 0.3 is 0 Å². The summed E-state index contributed by atoms with van der Waals surface area (Å²) < 4.78 is 0. The van der Waals surface area contributed by atoms with Crippen LogP contribution in [0.5, 0.6) is 0 Å². The molecular formula is C29H42. The summed E-state index contributed by atoms with van der Waals surface area (Å²) in [5.41, 5.74) is 3.71. The summed E-state index contributed by atoms with van der Waals surface area (Å²) in [4.78, 5) is 0. The highest BCUT2D eigenvalue weighted by Gasteiger charge is 2.51. The third kappa shape index (κ3) is 4.76. The first-order valence-electron chi connectivity index (χ1n) is 12.8. The summed E-state index contributed by atoms with van der Waals surface area (Å²) in [6, 6.07) is 9.08. The van der Waals surface area contributed by atoms with Gasteiger partial charge in [0.1, 0.15) is 0 Å². The molecule has 0 unspecified atom stereocenters. The smallest absolute Gasteiger partial charge is 0.0319 e. The van der Waals surface area contributed by atoms with Gasteiger partial charge in [0.05, 0.1) is 0 Å². The molecule has 4 fully saturated rings. The Labute approximate surface area is 180 Å². The molecule has 0 heteroatoms. The van der Waals surface area contributed by atoms with Gasteiger partial charge in [-0.2, -0.15) is 0 Å². The van der Waals surface area contributed by atoms with E-state index in [1.807, 2.05) is 0 Å². The number of fused-ring (bicyclic) bond motifs is 3. The zero-order chi connectivity index (χ0) is 20.2. The highest BCUT2D eigenvalue weighted by Crippen LogP contribution is 2.62. The van der Waals surface area contributed by atoms with Crippen LogP contribution in [-0.2, 0) is 6.42 Å². The van der Waals surface area contributed by atoms with Crippen LogP contribution in [0.1, 0.15) is 115 Å². The van der Waals surface area contributed by atoms with Crippen molar-refractivity contribution in [1.82, 2.24) is 0 Å². The SMILES string of the molecule is CCCCc1ccc(C#CC23CCC(C4CCC(CCC)CC4)(CC2)CC3)cc1. The van der Waals surface area contributed by atoms with E-state index in [1.54, 1.807) is 0 Å². The Bertz CT molecular complexity index is 680. The van der Waals surface area contributed by atoms with Crippen LogP contribution in [0.2, 0.25) is 0 Å². The maximum Gasteiger partial charge on any atom is 0.0319 e. The van der Waals surface area contributed by atoms with Crippen molar-refractivity contribution in [2.45, 2.75) is 110 Å². The second-order valence-electron chi connectivity index (χ2n) is 10.7. The van der Waals surface area contributed by atoms with Gasteiger partial charge in [-0.05, 0) is 99.2 Å². The van der Waals surface area contributed by atoms with Crippen LogP contribution in [0.25, 0.3) is 0 Å². The third-order valence-corrected chi connectivity index (χ3v) is 8.96. The Morgan fingerprint density at radius 3 is 2.07 bits per heavy atom. The van der Waals surface area contributed by atoms with Crippen LogP contribution in [0.15, 0.2) is 24.3 Å². The molecule has 5 rings (SSSR count). The first-order chi connectivity index (χ1) is 14.2. The highest BCUT2D eigenvalue weighted by atomic mass is 14.6. The predicted octanol–water partition coefficient (Wildman–Crippen LogP) is 8.33. The molecule has 0 amide bonds. The van der Waals surface area contributed by atoms with Crippen molar-refractivity contribution in [3.8, 4) is 11.8 Å². The fourth-order valence-electron chi connectivity index (χ4n) is 6.83. The Morgan fingerprint density at radius 1 is 0.828 bits per heavy atom. The molecule has 4 aliphatic carbocycles. The van der Waals surface area contributed by atoms with Crippen molar-refractivity contribution in [2.24, 2.45) is 22.7 Å². The first kappa shape index (κ1) is 21.0. The first-order valence-corrected chi connectivity index (χ1v) is 12.8. The minimum absolute atomic E-state index is 0.335. The van der Waals surface area contributed by atoms with Crippen molar-refractivity contribution < 1.29 is 0 Å². The minimum Gasteiger partial charge on any atom is -0.0911 e. The van der Waals surface area contributed by atoms with E-state index in [0.29, 0.717) is 10.8 Å². The average Bonchev–Trinajstić information content (AvgIpc) is 2.79. The summed E-state index contributed by atoms with van der Waals surface area (Å²) in [6.07, 6.45) is 21.2. The maximum absolute atomic E-state index is 3.80. The van der Waals surface area contributed by atoms with E-state index in [0.717, 1.165) is 11.8 Å². The number of aryl methyl sites for hydroxylation is 1. The zero-order valence-corrected chi connectivity index (χ0v) is 19.1. The van der Waals surface area contributed by atoms with Gasteiger partial charge in [-0.1, -0.05) is 69.9 Å². The van der Waals surface area contributed by atoms with E-state index < -0.39 is 0 Å². The molecule has 0 aliphatic heterocycles. The van der Waals surface area contributed by atoms with Crippen molar-refractivity contribution in [3.05, 3.63) is 35.4 Å². The lowest BCUT2D eigenvalue weighted by Gasteiger charge is -2.56. The molecule has 2 bridgehead atoms. The van der Waals surface area contributed by atoms with Gasteiger partial charge < -0.3 is 0 Å². The summed E-state index contributed by atoms with van der Waals surface area (Å²) in [6.45, 7) is 4.62. The van der Waals surface area contributed by atoms with Gasteiger partial charge in [0.15, 0.2) is 0 Å². The topological polar surface area (TPSA) is 0 Å². The van der Waals surface area contributed by atoms with E-state index in [4.69, 9.17) is 0 Å². The molecule has 4 saturated carbocycles. The summed E-state index contributed by atoms with van der Waals surface area (Å²) in [5.74, 6) is 9.44. The lowest BCUT2D eigenvalue weighted by Crippen LogP contribution is -2.45. The van der Waals surface area contributed by atoms with Gasteiger partial charge in [0.2, 0.25) is 0 Å². The fraction of sp³-hybridized carbons (Fsp3) is 0.724. The summed E-state index contributed by atoms with van der Waals surface area (Å²) in [7, 11) is 0. The summed E-state index contributed by atoms with van der Waals surface area (Å²) in [5, 5.41) is 0. The lowest BCUT2D eigenvalue weighted by atomic mass is 9.48. The van der Waals surface area contributed by atoms with Crippen LogP contribution >= 0.6 is 0 Å². The molecule has 0 atom stereocenters. The van der Waals surface area contributed by atoms with Gasteiger partial charge in [-0.3, -0.25) is 0 Å². The molecular weight excluding hydrogens is 348 g/mol. The van der Waals surface area contributed by atoms with Crippen molar-refractivity contribution in [2.75, 3.05) is 0 Å². The highest BCUT2D eigenvalue weighted by molar-refractivity contribution is 5.38. The van der Waals surface area contributed by atoms with E-state index >= 15 is 0 Å². The molecule has 0 nitrogen and oxygen atoms in total. The normalized spacial score (nSPS) is 33.9. The largest absolute Gasteiger partial charge is 0.0911 e. The predicted molar refractivity (Wildman–Crippen MR) is 125 cm³/mol. The molecule has 158 valence electrons. The third-order valence-electron chi connectivity index (χ3n) is 8.96. The number of hydrogen-bond donors (Lipinski definition) is 0. The van der Waals surface area contributed by atoms with Crippen LogP contribution in [-0.4, -0.2) is 0 Å². The van der Waals surface area contributed by atoms with E-state index in [-0.39, 0.29) is 0 Å². The molecule has 0 spiro atoms. The van der Waals surface area contributed by atoms with Crippen LogP contribution in [0.3, 0.4) is 0 Å². The van der Waals surface area contributed by atoms with Crippen LogP contribution in [0, 0.1) is 34.5 Å². The molecule has 29 heavy (non-hydrogen) atoms. The van der Waals surface area contributed by atoms with Gasteiger partial charge in [0, 0.05) is 11.0 Å². The summed E-state index contributed by atoms with van der Waals surface area (Å²) >= 11 is 0. The molecule has 0 radical (unpaired) electrons. The Balaban J connectivity index is 1.34. The van der Waals surface area contributed by atoms with E-state index in [1.165, 1.54) is 107 Å². The quantitative estimate of drug-likeness (QED) is 0.428. The fourth-order valence-corrected chi connectivity index (χ4v) is 6.83. The maximum atomic E-state index is 3.80. The Hall–Kier alpha value is -1.22. The Kier molecular flexibility index (Phi) is 6.73. The second kappa shape index (κ2) is 9.29. The molecule has 0 N–H and O–H groups in total. The molecule has 0 saturated heterocycles. The van der Waals surface area contributed by atoms with Crippen molar-refractivity contribution in [1.29, 1.82) is 0 Å². The molecule has 1 aromatic rings. The van der Waals surface area contributed by atoms with E-state index in [2.05, 4.69) is 50.0 Å². The minimum atomic E-state index is 0.335. The lowest BCUT2D eigenvalue weighted by molar-refractivity contribution is -0.0378. The number of benzene rings is 1. The van der Waals surface area contributed by atoms with Crippen LogP contribution in [0.4, 0.5) is 0 Å². The molecule has 0 aromatic heterocycles. The second-order valence-corrected chi connectivity index (χ2v) is 10.7. The number of unbranched alkanes of at least 4 members (excludes halogenated alkanes) is 1. The molecule has 1 aromatic carbocycles. The standard InChI is InChI=1S/C29H42/c1-3-5-7-25-8-10-26(11-9-25)16-17-28-18-21-29(22-19-28,23-20-28)27-14-12-24(6-4-2)13-15-27/h8-11,24,27H,3-7,12-15,18-23H2,1-2H3. The van der Waals surface area contributed by atoms with E-state index in [9.17, 15) is 0 Å². The average molecular weight is 391 g/mol. The van der Waals surface area contributed by atoms with Gasteiger partial charge in [-0.15, -0.1) is 0 Å². The molecule has 4 aliphatic rings. The Morgan fingerprint density at radius 2 is 1.48 bits per heavy atom. The van der Waals surface area contributed by atoms with Crippen LogP contribution < -0.4 is 0 Å². The number of rotatable bonds is 6. The van der Waals surface area contributed by atoms with Gasteiger partial charge in [0.25, 0.3) is 0 Å². The zero-order valence-electron chi connectivity index (χ0n) is 19.1. The monoisotopic (exact) mass is 390 g/mol. The van der Waals surface area contributed by atoms with Crippen molar-refractivity contribution in [3.63, 3.8) is 0 Å². The number of hydrogen-bond acceptors (Lipinski definition) is 0. The van der Waals surface area contributed by atoms with Gasteiger partial charge in [-0.25, -0.2) is 0 Å². The van der Waals surface area contributed by atoms with Crippen molar-refractivity contribution >= 4 is 0 Å². The molecule has 0 heterocycles.